The van der Waals surface area contributed by atoms with Crippen molar-refractivity contribution in [1.82, 2.24) is 9.97 Å². The number of ether oxygens (including phenoxy) is 1. The van der Waals surface area contributed by atoms with Crippen molar-refractivity contribution in [2.45, 2.75) is 20.0 Å². The molecule has 0 fully saturated rings. The molecule has 0 aliphatic heterocycles. The third-order valence-corrected chi connectivity index (χ3v) is 2.95. The quantitative estimate of drug-likeness (QED) is 0.812. The van der Waals surface area contributed by atoms with E-state index in [4.69, 9.17) is 5.73 Å². The van der Waals surface area contributed by atoms with E-state index in [1.165, 1.54) is 7.11 Å². The van der Waals surface area contributed by atoms with Crippen LogP contribution in [0.3, 0.4) is 0 Å². The third kappa shape index (κ3) is 4.00. The molecule has 2 aromatic rings. The fraction of sp³-hybridized carbons (Fsp3) is 0.267. The van der Waals surface area contributed by atoms with Crippen LogP contribution in [0, 0.1) is 6.92 Å². The topological polar surface area (TPSA) is 90.1 Å². The molecule has 21 heavy (non-hydrogen) atoms. The minimum Gasteiger partial charge on any atom is -0.463 e. The monoisotopic (exact) mass is 286 g/mol. The maximum Gasteiger partial charge on any atom is 0.376 e. The summed E-state index contributed by atoms with van der Waals surface area (Å²) in [7, 11) is 1.31. The Morgan fingerprint density at radius 3 is 2.52 bits per heavy atom. The Morgan fingerprint density at radius 2 is 1.90 bits per heavy atom. The number of nitrogens with two attached hydrogens (primary N) is 1. The summed E-state index contributed by atoms with van der Waals surface area (Å²) in [5.41, 5.74) is 8.45. The summed E-state index contributed by atoms with van der Waals surface area (Å²) in [6.07, 6.45) is 0. The van der Waals surface area contributed by atoms with Crippen LogP contribution in [0.5, 0.6) is 0 Å². The van der Waals surface area contributed by atoms with Crippen molar-refractivity contribution in [3.8, 4) is 0 Å². The Kier molecular flexibility index (Phi) is 4.84. The first-order chi connectivity index (χ1) is 10.1. The minimum absolute atomic E-state index is 0.0541. The summed E-state index contributed by atoms with van der Waals surface area (Å²) >= 11 is 0. The van der Waals surface area contributed by atoms with Crippen molar-refractivity contribution in [1.29, 1.82) is 0 Å². The number of aryl methyl sites for hydroxylation is 1. The molecule has 0 atom stereocenters. The van der Waals surface area contributed by atoms with Crippen LogP contribution in [0.2, 0.25) is 0 Å². The van der Waals surface area contributed by atoms with E-state index in [2.05, 4.69) is 20.0 Å². The number of rotatable bonds is 5. The Balaban J connectivity index is 2.08. The molecule has 0 spiro atoms. The van der Waals surface area contributed by atoms with Crippen molar-refractivity contribution in [3.63, 3.8) is 0 Å². The Hall–Kier alpha value is -2.47. The first-order valence-corrected chi connectivity index (χ1v) is 6.58. The molecule has 0 saturated carbocycles. The highest BCUT2D eigenvalue weighted by molar-refractivity contribution is 5.85. The largest absolute Gasteiger partial charge is 0.463 e. The van der Waals surface area contributed by atoms with E-state index in [0.29, 0.717) is 24.6 Å². The van der Waals surface area contributed by atoms with Crippen LogP contribution in [0.1, 0.15) is 27.4 Å². The van der Waals surface area contributed by atoms with Crippen molar-refractivity contribution < 1.29 is 9.53 Å². The number of methoxy groups -OCH3 is 1. The number of esters is 1. The first kappa shape index (κ1) is 14.9. The van der Waals surface area contributed by atoms with Crippen LogP contribution >= 0.6 is 0 Å². The van der Waals surface area contributed by atoms with Gasteiger partial charge in [-0.25, -0.2) is 14.8 Å². The van der Waals surface area contributed by atoms with Crippen LogP contribution in [0.4, 0.5) is 5.82 Å². The van der Waals surface area contributed by atoms with E-state index < -0.39 is 5.97 Å². The summed E-state index contributed by atoms with van der Waals surface area (Å²) in [5.74, 6) is 0.0957. The summed E-state index contributed by atoms with van der Waals surface area (Å²) < 4.78 is 4.63. The van der Waals surface area contributed by atoms with Gasteiger partial charge < -0.3 is 15.8 Å². The molecule has 6 heteroatoms. The van der Waals surface area contributed by atoms with E-state index in [0.717, 1.165) is 11.1 Å². The fourth-order valence-corrected chi connectivity index (χ4v) is 1.83. The molecule has 0 aliphatic rings. The molecule has 0 radical (unpaired) electrons. The van der Waals surface area contributed by atoms with Gasteiger partial charge in [-0.05, 0) is 18.1 Å². The van der Waals surface area contributed by atoms with Crippen LogP contribution in [0.25, 0.3) is 0 Å². The lowest BCUT2D eigenvalue weighted by Gasteiger charge is -2.08. The number of hydrogen-bond donors (Lipinski definition) is 2. The molecule has 110 valence electrons. The summed E-state index contributed by atoms with van der Waals surface area (Å²) in [6, 6.07) is 9.76. The predicted octanol–water partition coefficient (Wildman–Crippen LogP) is 1.64. The molecule has 2 rings (SSSR count). The van der Waals surface area contributed by atoms with Crippen molar-refractivity contribution >= 4 is 11.8 Å². The maximum atomic E-state index is 11.5. The zero-order valence-electron chi connectivity index (χ0n) is 12.1. The average Bonchev–Trinajstić information content (AvgIpc) is 2.52. The van der Waals surface area contributed by atoms with Crippen LogP contribution in [-0.4, -0.2) is 23.0 Å². The zero-order chi connectivity index (χ0) is 15.2. The smallest absolute Gasteiger partial charge is 0.376 e. The fourth-order valence-electron chi connectivity index (χ4n) is 1.83. The SMILES string of the molecule is COC(=O)c1nc(C)cc(NCc2ccc(CN)cc2)n1. The highest BCUT2D eigenvalue weighted by Gasteiger charge is 2.11. The maximum absolute atomic E-state index is 11.5. The van der Waals surface area contributed by atoms with Gasteiger partial charge in [-0.1, -0.05) is 24.3 Å². The molecule has 1 aromatic heterocycles. The van der Waals surface area contributed by atoms with E-state index in [1.54, 1.807) is 13.0 Å². The molecule has 0 aliphatic carbocycles. The number of aromatic nitrogens is 2. The van der Waals surface area contributed by atoms with Gasteiger partial charge in [-0.15, -0.1) is 0 Å². The first-order valence-electron chi connectivity index (χ1n) is 6.58. The number of benzene rings is 1. The summed E-state index contributed by atoms with van der Waals surface area (Å²) in [6.45, 7) is 2.93. The molecule has 0 bridgehead atoms. The van der Waals surface area contributed by atoms with E-state index in [1.807, 2.05) is 24.3 Å². The average molecular weight is 286 g/mol. The van der Waals surface area contributed by atoms with E-state index >= 15 is 0 Å². The number of nitrogens with zero attached hydrogens (tertiary/aromatic N) is 2. The molecule has 0 amide bonds. The lowest BCUT2D eigenvalue weighted by Crippen LogP contribution is -2.11. The second-order valence-electron chi connectivity index (χ2n) is 4.58. The second-order valence-corrected chi connectivity index (χ2v) is 4.58. The zero-order valence-corrected chi connectivity index (χ0v) is 12.1. The molecule has 0 saturated heterocycles. The highest BCUT2D eigenvalue weighted by atomic mass is 16.5. The van der Waals surface area contributed by atoms with Gasteiger partial charge in [0.1, 0.15) is 5.82 Å². The normalized spacial score (nSPS) is 10.2. The standard InChI is InChI=1S/C15H18N4O2/c1-10-7-13(19-14(18-10)15(20)21-2)17-9-12-5-3-11(8-16)4-6-12/h3-7H,8-9,16H2,1-2H3,(H,17,18,19). The minimum atomic E-state index is -0.547. The van der Waals surface area contributed by atoms with Gasteiger partial charge in [0.2, 0.25) is 5.82 Å². The number of hydrogen-bond acceptors (Lipinski definition) is 6. The molecule has 0 unspecified atom stereocenters. The van der Waals surface area contributed by atoms with Crippen LogP contribution in [-0.2, 0) is 17.8 Å². The van der Waals surface area contributed by atoms with Gasteiger partial charge in [-0.2, -0.15) is 0 Å². The van der Waals surface area contributed by atoms with E-state index in [9.17, 15) is 4.79 Å². The van der Waals surface area contributed by atoms with Gasteiger partial charge in [0.15, 0.2) is 0 Å². The van der Waals surface area contributed by atoms with Gasteiger partial charge in [0, 0.05) is 24.8 Å². The highest BCUT2D eigenvalue weighted by Crippen LogP contribution is 2.10. The van der Waals surface area contributed by atoms with Gasteiger partial charge >= 0.3 is 5.97 Å². The Labute approximate surface area is 123 Å². The van der Waals surface area contributed by atoms with Crippen LogP contribution < -0.4 is 11.1 Å². The second kappa shape index (κ2) is 6.81. The molecular formula is C15H18N4O2. The molecule has 1 heterocycles. The number of carbonyl (C=O) groups is 1. The predicted molar refractivity (Wildman–Crippen MR) is 79.8 cm³/mol. The molecular weight excluding hydrogens is 268 g/mol. The van der Waals surface area contributed by atoms with Gasteiger partial charge in [0.05, 0.1) is 7.11 Å². The lowest BCUT2D eigenvalue weighted by molar-refractivity contribution is 0.0586. The molecule has 6 nitrogen and oxygen atoms in total. The molecule has 3 N–H and O–H groups in total. The number of anilines is 1. The van der Waals surface area contributed by atoms with Crippen molar-refractivity contribution in [3.05, 3.63) is 53.0 Å². The third-order valence-electron chi connectivity index (χ3n) is 2.95. The Morgan fingerprint density at radius 1 is 1.24 bits per heavy atom. The number of carbonyl (C=O) groups excluding carboxylic acids is 1. The number of nitrogens with one attached hydrogen (secondary N) is 1. The lowest BCUT2D eigenvalue weighted by atomic mass is 10.1. The van der Waals surface area contributed by atoms with E-state index in [-0.39, 0.29) is 5.82 Å². The van der Waals surface area contributed by atoms with Gasteiger partial charge in [0.25, 0.3) is 0 Å². The summed E-state index contributed by atoms with van der Waals surface area (Å²) in [5, 5.41) is 3.17. The molecule has 1 aromatic carbocycles. The van der Waals surface area contributed by atoms with Crippen LogP contribution in [0.15, 0.2) is 30.3 Å². The van der Waals surface area contributed by atoms with Crippen molar-refractivity contribution in [2.24, 2.45) is 5.73 Å². The summed E-state index contributed by atoms with van der Waals surface area (Å²) in [4.78, 5) is 19.7. The van der Waals surface area contributed by atoms with Crippen molar-refractivity contribution in [2.75, 3.05) is 12.4 Å². The van der Waals surface area contributed by atoms with Gasteiger partial charge in [-0.3, -0.25) is 0 Å². The Bertz CT molecular complexity index is 626.